The number of para-hydroxylation sites is 1. The summed E-state index contributed by atoms with van der Waals surface area (Å²) < 4.78 is 2.15. The number of anilines is 2. The summed E-state index contributed by atoms with van der Waals surface area (Å²) in [4.78, 5) is 27.4. The molecule has 1 aliphatic heterocycles. The molecule has 156 valence electrons. The molecule has 0 amide bonds. The van der Waals surface area contributed by atoms with Gasteiger partial charge in [0, 0.05) is 17.4 Å². The molecular weight excluding hydrogens is 418 g/mol. The lowest BCUT2D eigenvalue weighted by atomic mass is 10.1. The molecule has 7 heteroatoms. The second kappa shape index (κ2) is 7.10. The number of aromatic amines is 1. The van der Waals surface area contributed by atoms with Crippen molar-refractivity contribution in [2.24, 2.45) is 0 Å². The second-order valence-corrected chi connectivity index (χ2v) is 8.48. The number of hydrogen-bond acceptors (Lipinski definition) is 5. The number of nitrogens with zero attached hydrogens (tertiary/aromatic N) is 4. The van der Waals surface area contributed by atoms with E-state index in [1.54, 1.807) is 10.9 Å². The highest BCUT2D eigenvalue weighted by Gasteiger charge is 2.29. The normalized spacial score (nSPS) is 15.4. The number of benzene rings is 3. The van der Waals surface area contributed by atoms with Crippen molar-refractivity contribution in [3.05, 3.63) is 93.6 Å². The van der Waals surface area contributed by atoms with E-state index in [1.165, 1.54) is 5.56 Å². The highest BCUT2D eigenvalue weighted by Crippen LogP contribution is 2.36. The summed E-state index contributed by atoms with van der Waals surface area (Å²) in [7, 11) is 0. The fraction of sp³-hybridized carbons (Fsp3) is 0.120. The quantitative estimate of drug-likeness (QED) is 0.391. The zero-order valence-corrected chi connectivity index (χ0v) is 18.1. The summed E-state index contributed by atoms with van der Waals surface area (Å²) in [5.74, 6) is 0.491. The Morgan fingerprint density at radius 3 is 2.69 bits per heavy atom. The number of aromatic nitrogens is 4. The van der Waals surface area contributed by atoms with E-state index < -0.39 is 0 Å². The first-order chi connectivity index (χ1) is 15.6. The number of hydrogen-bond donors (Lipinski definition) is 1. The van der Waals surface area contributed by atoms with Crippen LogP contribution in [0.1, 0.15) is 12.5 Å². The van der Waals surface area contributed by atoms with Crippen molar-refractivity contribution in [3.63, 3.8) is 0 Å². The van der Waals surface area contributed by atoms with Gasteiger partial charge in [-0.1, -0.05) is 60.7 Å². The van der Waals surface area contributed by atoms with Gasteiger partial charge in [0.15, 0.2) is 5.65 Å². The van der Waals surface area contributed by atoms with E-state index in [4.69, 9.17) is 17.2 Å². The van der Waals surface area contributed by atoms with Gasteiger partial charge in [0.25, 0.3) is 5.56 Å². The van der Waals surface area contributed by atoms with E-state index in [-0.39, 0.29) is 11.6 Å². The fourth-order valence-electron chi connectivity index (χ4n) is 4.53. The molecule has 32 heavy (non-hydrogen) atoms. The summed E-state index contributed by atoms with van der Waals surface area (Å²) in [5, 5.41) is 2.55. The topological polar surface area (TPSA) is 66.8 Å². The summed E-state index contributed by atoms with van der Waals surface area (Å²) in [6.45, 7) is 2.12. The lowest BCUT2D eigenvalue weighted by Gasteiger charge is -2.23. The van der Waals surface area contributed by atoms with Crippen molar-refractivity contribution in [1.29, 1.82) is 0 Å². The summed E-state index contributed by atoms with van der Waals surface area (Å²) >= 11 is 5.70. The summed E-state index contributed by atoms with van der Waals surface area (Å²) in [6, 6.07) is 22.5. The van der Waals surface area contributed by atoms with Crippen LogP contribution in [0.25, 0.3) is 27.5 Å². The smallest absolute Gasteiger partial charge is 0.264 e. The molecule has 1 aliphatic rings. The first-order valence-corrected chi connectivity index (χ1v) is 10.9. The molecule has 0 radical (unpaired) electrons. The van der Waals surface area contributed by atoms with Crippen LogP contribution >= 0.6 is 12.2 Å². The van der Waals surface area contributed by atoms with Gasteiger partial charge >= 0.3 is 0 Å². The maximum Gasteiger partial charge on any atom is 0.264 e. The van der Waals surface area contributed by atoms with E-state index in [9.17, 15) is 4.79 Å². The summed E-state index contributed by atoms with van der Waals surface area (Å²) in [6.07, 6.45) is 2.54. The molecule has 6 nitrogen and oxygen atoms in total. The minimum atomic E-state index is -0.283. The van der Waals surface area contributed by atoms with Crippen molar-refractivity contribution in [3.8, 4) is 5.69 Å². The Balaban J connectivity index is 1.50. The van der Waals surface area contributed by atoms with Gasteiger partial charge in [-0.3, -0.25) is 14.3 Å². The molecule has 1 atom stereocenters. The van der Waals surface area contributed by atoms with Gasteiger partial charge in [0.05, 0.1) is 0 Å². The molecule has 3 heterocycles. The molecule has 0 spiro atoms. The van der Waals surface area contributed by atoms with E-state index in [1.807, 2.05) is 54.6 Å². The highest BCUT2D eigenvalue weighted by molar-refractivity contribution is 7.71. The minimum absolute atomic E-state index is 0.183. The molecule has 5 aromatic rings. The Kier molecular flexibility index (Phi) is 4.19. The fourth-order valence-corrected chi connectivity index (χ4v) is 4.87. The lowest BCUT2D eigenvalue weighted by Crippen LogP contribution is -2.28. The van der Waals surface area contributed by atoms with Crippen LogP contribution in [-0.2, 0) is 6.42 Å². The zero-order valence-electron chi connectivity index (χ0n) is 17.3. The van der Waals surface area contributed by atoms with Gasteiger partial charge in [-0.2, -0.15) is 4.98 Å². The molecule has 6 rings (SSSR count). The molecule has 2 aromatic heterocycles. The van der Waals surface area contributed by atoms with Crippen molar-refractivity contribution >= 4 is 45.7 Å². The highest BCUT2D eigenvalue weighted by atomic mass is 32.1. The van der Waals surface area contributed by atoms with Crippen LogP contribution in [0.2, 0.25) is 0 Å². The molecule has 0 saturated carbocycles. The van der Waals surface area contributed by atoms with Crippen molar-refractivity contribution in [2.45, 2.75) is 19.4 Å². The molecule has 1 N–H and O–H groups in total. The third kappa shape index (κ3) is 2.85. The van der Waals surface area contributed by atoms with Crippen LogP contribution in [0.4, 0.5) is 11.6 Å². The predicted molar refractivity (Wildman–Crippen MR) is 130 cm³/mol. The predicted octanol–water partition coefficient (Wildman–Crippen LogP) is 5.07. The molecular formula is C25H19N5OS. The first kappa shape index (κ1) is 18.9. The van der Waals surface area contributed by atoms with Gasteiger partial charge in [0.2, 0.25) is 5.95 Å². The molecule has 0 aliphatic carbocycles. The van der Waals surface area contributed by atoms with Crippen LogP contribution in [0, 0.1) is 4.64 Å². The molecule has 0 bridgehead atoms. The van der Waals surface area contributed by atoms with Crippen LogP contribution in [0.15, 0.2) is 77.9 Å². The SMILES string of the molecule is C[C@H]1Cc2ccccc2N1c1nc2ncn(-c3ccc4ccccc4c3)c(=S)c2c(=O)[nH]1. The van der Waals surface area contributed by atoms with Crippen molar-refractivity contribution in [2.75, 3.05) is 4.90 Å². The van der Waals surface area contributed by atoms with E-state index in [0.29, 0.717) is 21.6 Å². The van der Waals surface area contributed by atoms with Gasteiger partial charge in [0.1, 0.15) is 16.4 Å². The van der Waals surface area contributed by atoms with E-state index in [2.05, 4.69) is 33.9 Å². The average molecular weight is 438 g/mol. The third-order valence-electron chi connectivity index (χ3n) is 6.06. The minimum Gasteiger partial charge on any atom is -0.309 e. The molecule has 3 aromatic carbocycles. The molecule has 0 fully saturated rings. The third-order valence-corrected chi connectivity index (χ3v) is 6.46. The molecule has 0 saturated heterocycles. The molecule has 0 unspecified atom stereocenters. The van der Waals surface area contributed by atoms with Crippen LogP contribution in [-0.4, -0.2) is 25.6 Å². The standard InChI is InChI=1S/C25H19N5OS/c1-15-12-18-8-4-5-9-20(18)30(15)25-27-22-21(23(31)28-25)24(32)29(14-26-22)19-11-10-16-6-2-3-7-17(16)13-19/h2-11,13-15H,12H2,1H3,(H,27,28,31)/t15-/m0/s1. The van der Waals surface area contributed by atoms with Crippen molar-refractivity contribution < 1.29 is 0 Å². The Morgan fingerprint density at radius 1 is 1.03 bits per heavy atom. The van der Waals surface area contributed by atoms with Gasteiger partial charge < -0.3 is 4.90 Å². The van der Waals surface area contributed by atoms with Crippen molar-refractivity contribution in [1.82, 2.24) is 19.5 Å². The number of rotatable bonds is 2. The second-order valence-electron chi connectivity index (χ2n) is 8.09. The lowest BCUT2D eigenvalue weighted by molar-refractivity contribution is 0.739. The van der Waals surface area contributed by atoms with Crippen LogP contribution < -0.4 is 10.5 Å². The van der Waals surface area contributed by atoms with Gasteiger partial charge in [-0.15, -0.1) is 0 Å². The Hall–Kier alpha value is -3.84. The Morgan fingerprint density at radius 2 is 1.81 bits per heavy atom. The number of nitrogens with one attached hydrogen (secondary N) is 1. The number of H-pyrrole nitrogens is 1. The summed E-state index contributed by atoms with van der Waals surface area (Å²) in [5.41, 5.74) is 3.22. The Bertz CT molecular complexity index is 1640. The van der Waals surface area contributed by atoms with E-state index in [0.717, 1.165) is 28.6 Å². The van der Waals surface area contributed by atoms with Crippen LogP contribution in [0.5, 0.6) is 0 Å². The maximum absolute atomic E-state index is 13.1. The van der Waals surface area contributed by atoms with Gasteiger partial charge in [-0.05, 0) is 47.9 Å². The Labute approximate surface area is 188 Å². The van der Waals surface area contributed by atoms with E-state index >= 15 is 0 Å². The monoisotopic (exact) mass is 437 g/mol. The first-order valence-electron chi connectivity index (χ1n) is 10.5. The average Bonchev–Trinajstić information content (AvgIpc) is 3.14. The maximum atomic E-state index is 13.1. The largest absolute Gasteiger partial charge is 0.309 e. The van der Waals surface area contributed by atoms with Crippen LogP contribution in [0.3, 0.4) is 0 Å². The number of fused-ring (bicyclic) bond motifs is 3. The zero-order chi connectivity index (χ0) is 21.8. The van der Waals surface area contributed by atoms with Gasteiger partial charge in [-0.25, -0.2) is 4.98 Å².